The van der Waals surface area contributed by atoms with E-state index in [1.165, 1.54) is 0 Å². The summed E-state index contributed by atoms with van der Waals surface area (Å²) in [5.74, 6) is 0.517. The Kier molecular flexibility index (Phi) is 12.4. The van der Waals surface area contributed by atoms with Gasteiger partial charge in [0.2, 0.25) is 0 Å². The Labute approximate surface area is 93.9 Å². The van der Waals surface area contributed by atoms with E-state index in [1.807, 2.05) is 6.92 Å². The van der Waals surface area contributed by atoms with Crippen LogP contribution in [0.3, 0.4) is 0 Å². The van der Waals surface area contributed by atoms with E-state index in [-0.39, 0.29) is 5.97 Å². The normalized spacial score (nSPS) is 9.20. The molecule has 1 N–H and O–H groups in total. The summed E-state index contributed by atoms with van der Waals surface area (Å²) in [6.45, 7) is 15.6. The van der Waals surface area contributed by atoms with Gasteiger partial charge < -0.3 is 10.1 Å². The van der Waals surface area contributed by atoms with Gasteiger partial charge in [-0.05, 0) is 19.4 Å². The maximum Gasteiger partial charge on any atom is 0.333 e. The molecule has 0 heterocycles. The second kappa shape index (κ2) is 11.2. The van der Waals surface area contributed by atoms with Gasteiger partial charge in [0.05, 0.1) is 0 Å². The Morgan fingerprint density at radius 3 is 2.20 bits per heavy atom. The predicted octanol–water partition coefficient (Wildman–Crippen LogP) is 2.38. The Bertz CT molecular complexity index is 174. The molecule has 0 aliphatic carbocycles. The summed E-state index contributed by atoms with van der Waals surface area (Å²) in [5, 5.41) is 3.04. The van der Waals surface area contributed by atoms with Crippen LogP contribution in [0.1, 0.15) is 34.6 Å². The number of likely N-dealkylation sites (N-methyl/N-ethyl adjacent to an activating group) is 1. The van der Waals surface area contributed by atoms with Crippen LogP contribution in [0.25, 0.3) is 0 Å². The zero-order valence-electron chi connectivity index (χ0n) is 10.7. The molecule has 0 spiro atoms. The molecule has 0 aromatic heterocycles. The van der Waals surface area contributed by atoms with E-state index in [4.69, 9.17) is 4.74 Å². The van der Waals surface area contributed by atoms with E-state index in [2.05, 4.69) is 32.7 Å². The van der Waals surface area contributed by atoms with E-state index < -0.39 is 0 Å². The lowest BCUT2D eigenvalue weighted by molar-refractivity contribution is -0.138. The number of esters is 1. The van der Waals surface area contributed by atoms with Crippen LogP contribution in [-0.2, 0) is 9.53 Å². The van der Waals surface area contributed by atoms with Gasteiger partial charge in [0, 0.05) is 12.1 Å². The minimum Gasteiger partial charge on any atom is -0.461 e. The van der Waals surface area contributed by atoms with Crippen molar-refractivity contribution in [1.82, 2.24) is 5.32 Å². The van der Waals surface area contributed by atoms with Gasteiger partial charge in [-0.2, -0.15) is 0 Å². The van der Waals surface area contributed by atoms with Crippen LogP contribution in [-0.4, -0.2) is 25.7 Å². The van der Waals surface area contributed by atoms with E-state index in [9.17, 15) is 4.79 Å². The van der Waals surface area contributed by atoms with Gasteiger partial charge in [-0.15, -0.1) is 0 Å². The quantitative estimate of drug-likeness (QED) is 0.435. The third kappa shape index (κ3) is 19.5. The number of carbonyl (C=O) groups excluding carboxylic acids is 1. The molecule has 15 heavy (non-hydrogen) atoms. The monoisotopic (exact) mass is 215 g/mol. The minimum atomic E-state index is -0.317. The van der Waals surface area contributed by atoms with E-state index >= 15 is 0 Å². The molecule has 90 valence electrons. The molecule has 3 nitrogen and oxygen atoms in total. The molecule has 0 unspecified atom stereocenters. The molecular weight excluding hydrogens is 190 g/mol. The van der Waals surface area contributed by atoms with Gasteiger partial charge in [-0.25, -0.2) is 4.79 Å². The second-order valence-electron chi connectivity index (χ2n) is 4.00. The average molecular weight is 215 g/mol. The highest BCUT2D eigenvalue weighted by Gasteiger charge is 2.00. The van der Waals surface area contributed by atoms with Gasteiger partial charge in [0.15, 0.2) is 0 Å². The van der Waals surface area contributed by atoms with Crippen molar-refractivity contribution in [3.63, 3.8) is 0 Å². The van der Waals surface area contributed by atoms with E-state index in [0.29, 0.717) is 18.7 Å². The molecule has 0 saturated carbocycles. The molecule has 0 rings (SSSR count). The van der Waals surface area contributed by atoms with Crippen LogP contribution in [0.2, 0.25) is 0 Å². The van der Waals surface area contributed by atoms with Gasteiger partial charge in [0.1, 0.15) is 6.61 Å². The third-order valence-corrected chi connectivity index (χ3v) is 1.11. The Hall–Kier alpha value is -0.830. The molecule has 0 saturated heterocycles. The Balaban J connectivity index is 0. The first-order valence-corrected chi connectivity index (χ1v) is 5.45. The van der Waals surface area contributed by atoms with Crippen molar-refractivity contribution in [2.24, 2.45) is 5.92 Å². The summed E-state index contributed by atoms with van der Waals surface area (Å²) in [4.78, 5) is 10.8. The molecule has 3 heteroatoms. The van der Waals surface area contributed by atoms with Crippen LogP contribution in [0.15, 0.2) is 12.2 Å². The second-order valence-corrected chi connectivity index (χ2v) is 4.00. The number of rotatable bonds is 5. The van der Waals surface area contributed by atoms with Crippen LogP contribution >= 0.6 is 0 Å². The van der Waals surface area contributed by atoms with Crippen LogP contribution in [0.5, 0.6) is 0 Å². The first-order valence-electron chi connectivity index (χ1n) is 5.45. The van der Waals surface area contributed by atoms with Crippen molar-refractivity contribution >= 4 is 5.97 Å². The molecule has 0 atom stereocenters. The summed E-state index contributed by atoms with van der Waals surface area (Å²) in [7, 11) is 0. The number of nitrogens with one attached hydrogen (secondary N) is 1. The van der Waals surface area contributed by atoms with E-state index in [1.54, 1.807) is 6.92 Å². The maximum atomic E-state index is 10.8. The fraction of sp³-hybridized carbons (Fsp3) is 0.750. The van der Waals surface area contributed by atoms with Crippen molar-refractivity contribution in [3.8, 4) is 0 Å². The lowest BCUT2D eigenvalue weighted by Crippen LogP contribution is -2.20. The SMILES string of the molecule is C=C(C)C(=O)OCCNCC.CC(C)C. The lowest BCUT2D eigenvalue weighted by Gasteiger charge is -2.03. The highest BCUT2D eigenvalue weighted by atomic mass is 16.5. The molecule has 0 bridgehead atoms. The Morgan fingerprint density at radius 1 is 1.40 bits per heavy atom. The number of hydrogen-bond acceptors (Lipinski definition) is 3. The summed E-state index contributed by atoms with van der Waals surface area (Å²) in [6.07, 6.45) is 0. The first kappa shape index (κ1) is 16.6. The van der Waals surface area contributed by atoms with Crippen molar-refractivity contribution in [3.05, 3.63) is 12.2 Å². The van der Waals surface area contributed by atoms with Crippen LogP contribution < -0.4 is 5.32 Å². The fourth-order valence-electron chi connectivity index (χ4n) is 0.516. The van der Waals surface area contributed by atoms with Crippen molar-refractivity contribution in [2.75, 3.05) is 19.7 Å². The molecular formula is C12H25NO2. The van der Waals surface area contributed by atoms with Crippen molar-refractivity contribution in [1.29, 1.82) is 0 Å². The molecule has 0 aromatic rings. The van der Waals surface area contributed by atoms with Crippen LogP contribution in [0.4, 0.5) is 0 Å². The van der Waals surface area contributed by atoms with Gasteiger partial charge >= 0.3 is 5.97 Å². The van der Waals surface area contributed by atoms with Crippen molar-refractivity contribution < 1.29 is 9.53 Å². The van der Waals surface area contributed by atoms with E-state index in [0.717, 1.165) is 12.5 Å². The molecule has 0 aliphatic heterocycles. The molecule has 0 fully saturated rings. The fourth-order valence-corrected chi connectivity index (χ4v) is 0.516. The molecule has 0 aliphatic rings. The summed E-state index contributed by atoms with van der Waals surface area (Å²) in [5.41, 5.74) is 0.446. The predicted molar refractivity (Wildman–Crippen MR) is 64.8 cm³/mol. The average Bonchev–Trinajstić information content (AvgIpc) is 2.11. The third-order valence-electron chi connectivity index (χ3n) is 1.11. The summed E-state index contributed by atoms with van der Waals surface area (Å²) in [6, 6.07) is 0. The lowest BCUT2D eigenvalue weighted by atomic mass is 10.3. The summed E-state index contributed by atoms with van der Waals surface area (Å²) < 4.78 is 4.80. The summed E-state index contributed by atoms with van der Waals surface area (Å²) >= 11 is 0. The van der Waals surface area contributed by atoms with Crippen molar-refractivity contribution in [2.45, 2.75) is 34.6 Å². The smallest absolute Gasteiger partial charge is 0.333 e. The maximum absolute atomic E-state index is 10.8. The minimum absolute atomic E-state index is 0.317. The number of ether oxygens (including phenoxy) is 1. The number of carbonyl (C=O) groups is 1. The zero-order valence-corrected chi connectivity index (χ0v) is 10.7. The highest BCUT2D eigenvalue weighted by molar-refractivity contribution is 5.86. The molecule has 0 radical (unpaired) electrons. The van der Waals surface area contributed by atoms with Gasteiger partial charge in [-0.1, -0.05) is 34.3 Å². The largest absolute Gasteiger partial charge is 0.461 e. The Morgan fingerprint density at radius 2 is 1.87 bits per heavy atom. The topological polar surface area (TPSA) is 38.3 Å². The molecule has 0 aromatic carbocycles. The highest BCUT2D eigenvalue weighted by Crippen LogP contribution is 1.90. The van der Waals surface area contributed by atoms with Crippen LogP contribution in [0, 0.1) is 5.92 Å². The van der Waals surface area contributed by atoms with Gasteiger partial charge in [0.25, 0.3) is 0 Å². The molecule has 0 amide bonds. The number of hydrogen-bond donors (Lipinski definition) is 1. The standard InChI is InChI=1S/C8H15NO2.C4H10/c1-4-9-5-6-11-8(10)7(2)3;1-4(2)3/h9H,2,4-6H2,1,3H3;4H,1-3H3. The van der Waals surface area contributed by atoms with Gasteiger partial charge in [-0.3, -0.25) is 0 Å². The zero-order chi connectivity index (χ0) is 12.3. The first-order chi connectivity index (χ1) is 6.91.